The number of carbonyl (C=O) groups is 1. The highest BCUT2D eigenvalue weighted by Crippen LogP contribution is 2.25. The number of halogens is 2. The Balaban J connectivity index is 2.93. The quantitative estimate of drug-likeness (QED) is 0.767. The lowest BCUT2D eigenvalue weighted by Crippen LogP contribution is -2.05. The minimum atomic E-state index is -0.297. The standard InChI is InChI=1S/C9H8BrClO2/c1-13-9(12)5-6-7(10)3-2-4-8(6)11/h2-4H,5H2,1H3. The van der Waals surface area contributed by atoms with E-state index in [2.05, 4.69) is 20.7 Å². The van der Waals surface area contributed by atoms with E-state index in [1.807, 2.05) is 12.1 Å². The van der Waals surface area contributed by atoms with E-state index in [4.69, 9.17) is 11.6 Å². The van der Waals surface area contributed by atoms with Gasteiger partial charge in [0.25, 0.3) is 0 Å². The van der Waals surface area contributed by atoms with Crippen LogP contribution in [0.1, 0.15) is 5.56 Å². The van der Waals surface area contributed by atoms with Crippen LogP contribution in [0.5, 0.6) is 0 Å². The molecule has 0 atom stereocenters. The second-order valence-electron chi connectivity index (χ2n) is 2.45. The Hall–Kier alpha value is -0.540. The maximum Gasteiger partial charge on any atom is 0.310 e. The van der Waals surface area contributed by atoms with Gasteiger partial charge in [-0.3, -0.25) is 4.79 Å². The summed E-state index contributed by atoms with van der Waals surface area (Å²) in [5, 5.41) is 0.569. The van der Waals surface area contributed by atoms with Crippen LogP contribution < -0.4 is 0 Å². The van der Waals surface area contributed by atoms with Crippen molar-refractivity contribution in [2.75, 3.05) is 7.11 Å². The molecule has 0 saturated heterocycles. The lowest BCUT2D eigenvalue weighted by atomic mass is 10.1. The van der Waals surface area contributed by atoms with Gasteiger partial charge in [0, 0.05) is 9.50 Å². The average Bonchev–Trinajstić information content (AvgIpc) is 2.11. The van der Waals surface area contributed by atoms with Crippen molar-refractivity contribution in [1.82, 2.24) is 0 Å². The molecule has 4 heteroatoms. The summed E-state index contributed by atoms with van der Waals surface area (Å²) in [6, 6.07) is 5.39. The van der Waals surface area contributed by atoms with Crippen molar-refractivity contribution < 1.29 is 9.53 Å². The molecule has 2 nitrogen and oxygen atoms in total. The first-order valence-corrected chi connectivity index (χ1v) is 4.82. The lowest BCUT2D eigenvalue weighted by molar-refractivity contribution is -0.139. The molecule has 0 saturated carbocycles. The predicted octanol–water partition coefficient (Wildman–Crippen LogP) is 2.82. The molecule has 0 heterocycles. The molecule has 1 aromatic rings. The van der Waals surface area contributed by atoms with Crippen molar-refractivity contribution in [1.29, 1.82) is 0 Å². The summed E-state index contributed by atoms with van der Waals surface area (Å²) < 4.78 is 5.37. The van der Waals surface area contributed by atoms with Crippen molar-refractivity contribution >= 4 is 33.5 Å². The molecule has 0 aromatic heterocycles. The molecule has 0 spiro atoms. The van der Waals surface area contributed by atoms with E-state index in [9.17, 15) is 4.79 Å². The zero-order chi connectivity index (χ0) is 9.84. The number of methoxy groups -OCH3 is 1. The van der Waals surface area contributed by atoms with Gasteiger partial charge in [-0.25, -0.2) is 0 Å². The minimum Gasteiger partial charge on any atom is -0.469 e. The number of rotatable bonds is 2. The van der Waals surface area contributed by atoms with E-state index < -0.39 is 0 Å². The molecule has 0 aliphatic heterocycles. The van der Waals surface area contributed by atoms with Gasteiger partial charge >= 0.3 is 5.97 Å². The van der Waals surface area contributed by atoms with Gasteiger partial charge in [0.2, 0.25) is 0 Å². The molecule has 0 N–H and O–H groups in total. The van der Waals surface area contributed by atoms with Gasteiger partial charge in [-0.05, 0) is 17.7 Å². The molecule has 0 amide bonds. The van der Waals surface area contributed by atoms with Crippen LogP contribution in [0, 0.1) is 0 Å². The molecule has 0 bridgehead atoms. The molecule has 0 unspecified atom stereocenters. The second kappa shape index (κ2) is 4.63. The summed E-state index contributed by atoms with van der Waals surface area (Å²) in [5.41, 5.74) is 0.760. The van der Waals surface area contributed by atoms with Gasteiger partial charge in [-0.15, -0.1) is 0 Å². The predicted molar refractivity (Wildman–Crippen MR) is 54.9 cm³/mol. The highest BCUT2D eigenvalue weighted by atomic mass is 79.9. The summed E-state index contributed by atoms with van der Waals surface area (Å²) in [6.45, 7) is 0. The third-order valence-corrected chi connectivity index (χ3v) is 2.71. The summed E-state index contributed by atoms with van der Waals surface area (Å²) >= 11 is 9.21. The first-order chi connectivity index (χ1) is 6.15. The van der Waals surface area contributed by atoms with Gasteiger partial charge in [0.1, 0.15) is 0 Å². The molecule has 1 aromatic carbocycles. The Bertz CT molecular complexity index is 305. The SMILES string of the molecule is COC(=O)Cc1c(Cl)cccc1Br. The normalized spacial score (nSPS) is 9.77. The van der Waals surface area contributed by atoms with Gasteiger partial charge in [-0.2, -0.15) is 0 Å². The highest BCUT2D eigenvalue weighted by molar-refractivity contribution is 9.10. The zero-order valence-electron chi connectivity index (χ0n) is 7.01. The van der Waals surface area contributed by atoms with Crippen molar-refractivity contribution in [2.24, 2.45) is 0 Å². The zero-order valence-corrected chi connectivity index (χ0v) is 9.35. The maximum atomic E-state index is 11.0. The van der Waals surface area contributed by atoms with Gasteiger partial charge in [-0.1, -0.05) is 33.6 Å². The Morgan fingerprint density at radius 3 is 2.85 bits per heavy atom. The van der Waals surface area contributed by atoms with Crippen LogP contribution in [0.25, 0.3) is 0 Å². The third kappa shape index (κ3) is 2.71. The van der Waals surface area contributed by atoms with Gasteiger partial charge in [0.05, 0.1) is 13.5 Å². The van der Waals surface area contributed by atoms with Crippen LogP contribution in [-0.4, -0.2) is 13.1 Å². The summed E-state index contributed by atoms with van der Waals surface area (Å²) in [7, 11) is 1.35. The highest BCUT2D eigenvalue weighted by Gasteiger charge is 2.09. The van der Waals surface area contributed by atoms with Crippen LogP contribution in [0.2, 0.25) is 5.02 Å². The Morgan fingerprint density at radius 2 is 2.31 bits per heavy atom. The topological polar surface area (TPSA) is 26.3 Å². The second-order valence-corrected chi connectivity index (χ2v) is 3.71. The number of benzene rings is 1. The van der Waals surface area contributed by atoms with Crippen LogP contribution in [0.15, 0.2) is 22.7 Å². The van der Waals surface area contributed by atoms with Crippen LogP contribution in [0.4, 0.5) is 0 Å². The van der Waals surface area contributed by atoms with Crippen LogP contribution in [0.3, 0.4) is 0 Å². The fourth-order valence-electron chi connectivity index (χ4n) is 0.918. The molecule has 70 valence electrons. The number of ether oxygens (including phenoxy) is 1. The molecular weight excluding hydrogens is 255 g/mol. The third-order valence-electron chi connectivity index (χ3n) is 1.61. The van der Waals surface area contributed by atoms with Crippen LogP contribution >= 0.6 is 27.5 Å². The van der Waals surface area contributed by atoms with Crippen molar-refractivity contribution in [3.05, 3.63) is 33.3 Å². The summed E-state index contributed by atoms with van der Waals surface area (Å²) in [4.78, 5) is 11.0. The van der Waals surface area contributed by atoms with Crippen molar-refractivity contribution in [3.63, 3.8) is 0 Å². The van der Waals surface area contributed by atoms with Crippen molar-refractivity contribution in [2.45, 2.75) is 6.42 Å². The van der Waals surface area contributed by atoms with E-state index in [-0.39, 0.29) is 12.4 Å². The molecule has 1 rings (SSSR count). The molecule has 0 radical (unpaired) electrons. The Labute approximate surface area is 90.0 Å². The first kappa shape index (κ1) is 10.5. The van der Waals surface area contributed by atoms with E-state index in [1.54, 1.807) is 6.07 Å². The number of hydrogen-bond donors (Lipinski definition) is 0. The maximum absolute atomic E-state index is 11.0. The summed E-state index contributed by atoms with van der Waals surface area (Å²) in [5.74, 6) is -0.297. The largest absolute Gasteiger partial charge is 0.469 e. The average molecular weight is 264 g/mol. The fourth-order valence-corrected chi connectivity index (χ4v) is 1.78. The fraction of sp³-hybridized carbons (Fsp3) is 0.222. The number of hydrogen-bond acceptors (Lipinski definition) is 2. The summed E-state index contributed by atoms with van der Waals surface area (Å²) in [6.07, 6.45) is 0.191. The monoisotopic (exact) mass is 262 g/mol. The molecular formula is C9H8BrClO2. The van der Waals surface area contributed by atoms with E-state index in [0.29, 0.717) is 5.02 Å². The molecule has 0 aliphatic rings. The Morgan fingerprint density at radius 1 is 1.62 bits per heavy atom. The van der Waals surface area contributed by atoms with E-state index in [1.165, 1.54) is 7.11 Å². The molecule has 13 heavy (non-hydrogen) atoms. The minimum absolute atomic E-state index is 0.191. The number of esters is 1. The number of carbonyl (C=O) groups excluding carboxylic acids is 1. The van der Waals surface area contributed by atoms with E-state index >= 15 is 0 Å². The van der Waals surface area contributed by atoms with Gasteiger partial charge < -0.3 is 4.74 Å². The molecule has 0 aliphatic carbocycles. The molecule has 0 fully saturated rings. The lowest BCUT2D eigenvalue weighted by Gasteiger charge is -2.04. The van der Waals surface area contributed by atoms with E-state index in [0.717, 1.165) is 10.0 Å². The first-order valence-electron chi connectivity index (χ1n) is 3.65. The van der Waals surface area contributed by atoms with Crippen molar-refractivity contribution in [3.8, 4) is 0 Å². The smallest absolute Gasteiger partial charge is 0.310 e. The Kier molecular flexibility index (Phi) is 3.75. The van der Waals surface area contributed by atoms with Gasteiger partial charge in [0.15, 0.2) is 0 Å². The van der Waals surface area contributed by atoms with Crippen LogP contribution in [-0.2, 0) is 16.0 Å².